The van der Waals surface area contributed by atoms with Crippen molar-refractivity contribution >= 4 is 12.4 Å². The zero-order valence-corrected chi connectivity index (χ0v) is 28.1. The van der Waals surface area contributed by atoms with E-state index < -0.39 is 0 Å². The van der Waals surface area contributed by atoms with Gasteiger partial charge in [-0.1, -0.05) is 102 Å². The largest absolute Gasteiger partial charge is 0.468 e. The average molecular weight is 613 g/mol. The minimum atomic E-state index is -0.354. The van der Waals surface area contributed by atoms with Gasteiger partial charge in [0.25, 0.3) is 6.47 Å². The quantitative estimate of drug-likeness (QED) is 0.0657. The fourth-order valence-electron chi connectivity index (χ4n) is 6.33. The summed E-state index contributed by atoms with van der Waals surface area (Å²) in [5, 5.41) is 3.42. The van der Waals surface area contributed by atoms with Crippen LogP contribution >= 0.6 is 0 Å². The zero-order valence-electron chi connectivity index (χ0n) is 28.1. The maximum absolute atomic E-state index is 13.6. The Morgan fingerprint density at radius 3 is 2.11 bits per heavy atom. The van der Waals surface area contributed by atoms with E-state index in [4.69, 9.17) is 19.9 Å². The topological polar surface area (TPSA) is 99.9 Å². The Bertz CT molecular complexity index is 1050. The molecule has 44 heavy (non-hydrogen) atoms. The van der Waals surface area contributed by atoms with Gasteiger partial charge in [-0.25, -0.2) is 4.79 Å². The molecule has 2 rings (SSSR count). The van der Waals surface area contributed by atoms with E-state index in [0.29, 0.717) is 37.3 Å². The lowest BCUT2D eigenvalue weighted by Crippen LogP contribution is -2.33. The summed E-state index contributed by atoms with van der Waals surface area (Å²) in [6.07, 6.45) is 18.7. The van der Waals surface area contributed by atoms with Crippen molar-refractivity contribution in [1.82, 2.24) is 5.32 Å². The predicted molar refractivity (Wildman–Crippen MR) is 179 cm³/mol. The number of dihydropyridines is 1. The maximum atomic E-state index is 13.6. The van der Waals surface area contributed by atoms with E-state index in [2.05, 4.69) is 37.4 Å². The van der Waals surface area contributed by atoms with Gasteiger partial charge in [0.05, 0.1) is 37.7 Å². The molecular weight excluding hydrogens is 552 g/mol. The predicted octanol–water partition coefficient (Wildman–Crippen LogP) is 7.95. The van der Waals surface area contributed by atoms with E-state index in [1.54, 1.807) is 0 Å². The fraction of sp³-hybridized carbons (Fsp3) is 0.676. The van der Waals surface area contributed by atoms with Crippen molar-refractivity contribution in [3.05, 3.63) is 57.4 Å². The molecule has 1 aliphatic heterocycles. The molecule has 0 bridgehead atoms. The van der Waals surface area contributed by atoms with Gasteiger partial charge in [-0.05, 0) is 55.9 Å². The minimum absolute atomic E-state index is 0.234. The van der Waals surface area contributed by atoms with Crippen molar-refractivity contribution in [1.29, 1.82) is 0 Å². The number of allylic oxidation sites excluding steroid dienone is 1. The number of carbonyl (C=O) groups excluding carboxylic acids is 2. The van der Waals surface area contributed by atoms with Crippen LogP contribution in [-0.4, -0.2) is 45.4 Å². The van der Waals surface area contributed by atoms with Gasteiger partial charge in [0, 0.05) is 24.6 Å². The van der Waals surface area contributed by atoms with Gasteiger partial charge in [0.15, 0.2) is 0 Å². The highest BCUT2D eigenvalue weighted by Crippen LogP contribution is 2.43. The molecule has 248 valence electrons. The van der Waals surface area contributed by atoms with E-state index in [-0.39, 0.29) is 31.7 Å². The van der Waals surface area contributed by atoms with Crippen LogP contribution in [0, 0.1) is 6.92 Å². The van der Waals surface area contributed by atoms with Crippen LogP contribution in [0.4, 0.5) is 0 Å². The molecule has 1 heterocycles. The second-order valence-electron chi connectivity index (χ2n) is 12.0. The average Bonchev–Trinajstić information content (AvgIpc) is 3.00. The molecule has 1 aromatic carbocycles. The van der Waals surface area contributed by atoms with E-state index in [1.807, 2.05) is 13.8 Å². The number of esters is 1. The van der Waals surface area contributed by atoms with Gasteiger partial charge in [-0.15, -0.1) is 0 Å². The number of hydrogen-bond donors (Lipinski definition) is 2. The summed E-state index contributed by atoms with van der Waals surface area (Å²) in [5.74, 6) is -0.673. The molecule has 1 unspecified atom stereocenters. The normalized spacial score (nSPS) is 15.0. The first-order valence-corrected chi connectivity index (χ1v) is 17.3. The Morgan fingerprint density at radius 2 is 1.52 bits per heavy atom. The van der Waals surface area contributed by atoms with E-state index in [0.717, 1.165) is 35.2 Å². The standard InChI is InChI=1S/C37H60N2O5/c1-5-7-8-9-10-11-12-13-14-15-16-17-18-21-31-22-19-20-29(3)34(31)35-32(23-25-43-28-40)30(4)39-33(27-42-26-24-38)36(35)37(41)44-6-2/h19-20,22,28,35,39H,5-18,21,23-27,38H2,1-4H3. The molecule has 0 aromatic heterocycles. The first-order valence-electron chi connectivity index (χ1n) is 17.3. The van der Waals surface area contributed by atoms with E-state index >= 15 is 0 Å². The lowest BCUT2D eigenvalue weighted by Gasteiger charge is -2.34. The van der Waals surface area contributed by atoms with E-state index in [1.165, 1.54) is 82.6 Å². The van der Waals surface area contributed by atoms with Crippen LogP contribution < -0.4 is 11.1 Å². The summed E-state index contributed by atoms with van der Waals surface area (Å²) in [7, 11) is 0. The van der Waals surface area contributed by atoms with Crippen LogP contribution in [0.3, 0.4) is 0 Å². The van der Waals surface area contributed by atoms with Crippen LogP contribution in [-0.2, 0) is 30.2 Å². The third-order valence-corrected chi connectivity index (χ3v) is 8.60. The SMILES string of the molecule is CCCCCCCCCCCCCCCc1cccc(C)c1C1C(CCOC=O)=C(C)NC(COCCN)=C1C(=O)OCC. The summed E-state index contributed by atoms with van der Waals surface area (Å²) in [4.78, 5) is 24.6. The highest BCUT2D eigenvalue weighted by atomic mass is 16.5. The summed E-state index contributed by atoms with van der Waals surface area (Å²) >= 11 is 0. The molecule has 0 radical (unpaired) electrons. The summed E-state index contributed by atoms with van der Waals surface area (Å²) < 4.78 is 16.5. The van der Waals surface area contributed by atoms with Crippen LogP contribution in [0.2, 0.25) is 0 Å². The molecule has 0 saturated heterocycles. The minimum Gasteiger partial charge on any atom is -0.468 e. The molecule has 0 spiro atoms. The van der Waals surface area contributed by atoms with Crippen LogP contribution in [0.25, 0.3) is 0 Å². The number of carbonyl (C=O) groups is 2. The molecule has 0 fully saturated rings. The second-order valence-corrected chi connectivity index (χ2v) is 12.0. The Hall–Kier alpha value is -2.64. The van der Waals surface area contributed by atoms with Crippen molar-refractivity contribution in [2.24, 2.45) is 5.73 Å². The van der Waals surface area contributed by atoms with Crippen molar-refractivity contribution in [2.75, 3.05) is 33.0 Å². The number of unbranched alkanes of at least 4 members (excludes halogenated alkanes) is 12. The van der Waals surface area contributed by atoms with Crippen LogP contribution in [0.1, 0.15) is 133 Å². The van der Waals surface area contributed by atoms with Gasteiger partial charge < -0.3 is 25.3 Å². The van der Waals surface area contributed by atoms with Gasteiger partial charge in [0.1, 0.15) is 0 Å². The Kier molecular flexibility index (Phi) is 19.5. The monoisotopic (exact) mass is 612 g/mol. The summed E-state index contributed by atoms with van der Waals surface area (Å²) in [6.45, 7) is 10.2. The molecule has 1 atom stereocenters. The fourth-order valence-corrected chi connectivity index (χ4v) is 6.33. The number of aryl methyl sites for hydroxylation is 2. The molecule has 1 aromatic rings. The van der Waals surface area contributed by atoms with Crippen LogP contribution in [0.5, 0.6) is 0 Å². The molecule has 7 heteroatoms. The number of hydrogen-bond acceptors (Lipinski definition) is 7. The molecule has 0 aliphatic carbocycles. The molecule has 7 nitrogen and oxygen atoms in total. The number of benzene rings is 1. The lowest BCUT2D eigenvalue weighted by molar-refractivity contribution is -0.139. The molecule has 1 aliphatic rings. The molecular formula is C37H60N2O5. The number of nitrogens with two attached hydrogens (primary N) is 1. The van der Waals surface area contributed by atoms with Crippen molar-refractivity contribution in [2.45, 2.75) is 130 Å². The highest BCUT2D eigenvalue weighted by molar-refractivity contribution is 5.93. The summed E-state index contributed by atoms with van der Waals surface area (Å²) in [5.41, 5.74) is 12.5. The first-order chi connectivity index (χ1) is 21.5. The van der Waals surface area contributed by atoms with Gasteiger partial charge in [-0.2, -0.15) is 0 Å². The smallest absolute Gasteiger partial charge is 0.336 e. The van der Waals surface area contributed by atoms with Gasteiger partial charge in [0.2, 0.25) is 0 Å². The highest BCUT2D eigenvalue weighted by Gasteiger charge is 2.36. The Labute approximate surface area is 267 Å². The second kappa shape index (κ2) is 22.8. The van der Waals surface area contributed by atoms with Crippen molar-refractivity contribution in [3.63, 3.8) is 0 Å². The third kappa shape index (κ3) is 12.8. The van der Waals surface area contributed by atoms with Gasteiger partial charge >= 0.3 is 5.97 Å². The number of ether oxygens (including phenoxy) is 3. The van der Waals surface area contributed by atoms with Crippen molar-refractivity contribution < 1.29 is 23.8 Å². The molecule has 0 amide bonds. The van der Waals surface area contributed by atoms with Crippen molar-refractivity contribution in [3.8, 4) is 0 Å². The zero-order chi connectivity index (χ0) is 32.0. The van der Waals surface area contributed by atoms with Gasteiger partial charge in [-0.3, -0.25) is 4.79 Å². The number of nitrogens with one attached hydrogen (secondary N) is 1. The number of rotatable bonds is 25. The Balaban J connectivity index is 2.17. The third-order valence-electron chi connectivity index (χ3n) is 8.60. The van der Waals surface area contributed by atoms with E-state index in [9.17, 15) is 9.59 Å². The maximum Gasteiger partial charge on any atom is 0.336 e. The summed E-state index contributed by atoms with van der Waals surface area (Å²) in [6, 6.07) is 6.43. The Morgan fingerprint density at radius 1 is 0.886 bits per heavy atom. The lowest BCUT2D eigenvalue weighted by atomic mass is 9.75. The molecule has 0 saturated carbocycles. The van der Waals surface area contributed by atoms with Crippen LogP contribution in [0.15, 0.2) is 40.7 Å². The molecule has 3 N–H and O–H groups in total. The first kappa shape index (κ1) is 37.5.